The van der Waals surface area contributed by atoms with Gasteiger partial charge in [-0.15, -0.1) is 0 Å². The molecule has 4 heteroatoms. The Morgan fingerprint density at radius 3 is 2.53 bits per heavy atom. The second-order valence-electron chi connectivity index (χ2n) is 4.51. The average molecular weight is 258 g/mol. The number of carbonyl (C=O) groups is 1. The van der Waals surface area contributed by atoms with Crippen LogP contribution in [0.2, 0.25) is 0 Å². The molecule has 0 fully saturated rings. The summed E-state index contributed by atoms with van der Waals surface area (Å²) in [6.07, 6.45) is 0. The molecule has 0 aromatic heterocycles. The van der Waals surface area contributed by atoms with Gasteiger partial charge in [0.25, 0.3) is 5.91 Å². The highest BCUT2D eigenvalue weighted by Gasteiger charge is 2.10. The largest absolute Gasteiger partial charge is 0.397 e. The molecular formula is C15H15FN2O. The van der Waals surface area contributed by atoms with Crippen LogP contribution in [0.4, 0.5) is 15.8 Å². The quantitative estimate of drug-likeness (QED) is 0.812. The maximum Gasteiger partial charge on any atom is 0.255 e. The number of carbonyl (C=O) groups excluding carboxylic acids is 1. The van der Waals surface area contributed by atoms with Gasteiger partial charge >= 0.3 is 0 Å². The highest BCUT2D eigenvalue weighted by molar-refractivity contribution is 6.05. The van der Waals surface area contributed by atoms with E-state index in [0.29, 0.717) is 16.9 Å². The van der Waals surface area contributed by atoms with Crippen molar-refractivity contribution in [3.05, 3.63) is 58.9 Å². The first-order valence-electron chi connectivity index (χ1n) is 5.91. The smallest absolute Gasteiger partial charge is 0.255 e. The first-order chi connectivity index (χ1) is 8.97. The molecule has 0 atom stereocenters. The number of nitrogen functional groups attached to an aromatic ring is 1. The standard InChI is InChI=1S/C15H15FN2O/c1-9-3-6-14(13(17)7-9)18-15(19)11-5-4-10(2)12(16)8-11/h3-8H,17H2,1-2H3,(H,18,19). The lowest BCUT2D eigenvalue weighted by molar-refractivity contribution is 0.102. The third kappa shape index (κ3) is 2.91. The monoisotopic (exact) mass is 258 g/mol. The highest BCUT2D eigenvalue weighted by atomic mass is 19.1. The molecule has 0 unspecified atom stereocenters. The third-order valence-electron chi connectivity index (χ3n) is 2.89. The van der Waals surface area contributed by atoms with Crippen LogP contribution in [0.15, 0.2) is 36.4 Å². The molecule has 2 rings (SSSR count). The van der Waals surface area contributed by atoms with Crippen LogP contribution in [0, 0.1) is 19.7 Å². The van der Waals surface area contributed by atoms with Crippen LogP contribution in [0.25, 0.3) is 0 Å². The SMILES string of the molecule is Cc1ccc(NC(=O)c2ccc(C)c(F)c2)c(N)c1. The minimum Gasteiger partial charge on any atom is -0.397 e. The van der Waals surface area contributed by atoms with Crippen LogP contribution < -0.4 is 11.1 Å². The Balaban J connectivity index is 2.23. The molecule has 0 aliphatic heterocycles. The molecular weight excluding hydrogens is 243 g/mol. The molecule has 3 nitrogen and oxygen atoms in total. The van der Waals surface area contributed by atoms with E-state index >= 15 is 0 Å². The fourth-order valence-electron chi connectivity index (χ4n) is 1.72. The Bertz CT molecular complexity index is 638. The lowest BCUT2D eigenvalue weighted by Gasteiger charge is -2.09. The molecule has 2 aromatic rings. The zero-order valence-electron chi connectivity index (χ0n) is 10.8. The maximum atomic E-state index is 13.4. The summed E-state index contributed by atoms with van der Waals surface area (Å²) in [6, 6.07) is 9.72. The summed E-state index contributed by atoms with van der Waals surface area (Å²) in [5.74, 6) is -0.779. The molecule has 3 N–H and O–H groups in total. The van der Waals surface area contributed by atoms with Crippen molar-refractivity contribution >= 4 is 17.3 Å². The second-order valence-corrected chi connectivity index (χ2v) is 4.51. The number of benzene rings is 2. The number of aryl methyl sites for hydroxylation is 2. The van der Waals surface area contributed by atoms with Gasteiger partial charge in [-0.3, -0.25) is 4.79 Å². The minimum atomic E-state index is -0.399. The Kier molecular flexibility index (Phi) is 3.51. The van der Waals surface area contributed by atoms with Gasteiger partial charge in [0.15, 0.2) is 0 Å². The van der Waals surface area contributed by atoms with E-state index in [1.165, 1.54) is 6.07 Å². The van der Waals surface area contributed by atoms with Gasteiger partial charge in [0, 0.05) is 5.56 Å². The number of amides is 1. The highest BCUT2D eigenvalue weighted by Crippen LogP contribution is 2.20. The Hall–Kier alpha value is -2.36. The molecule has 0 aliphatic rings. The summed E-state index contributed by atoms with van der Waals surface area (Å²) in [5, 5.41) is 2.67. The number of halogens is 1. The summed E-state index contributed by atoms with van der Waals surface area (Å²) >= 11 is 0. The van der Waals surface area contributed by atoms with E-state index in [2.05, 4.69) is 5.32 Å². The normalized spacial score (nSPS) is 10.3. The van der Waals surface area contributed by atoms with E-state index in [-0.39, 0.29) is 11.5 Å². The second kappa shape index (κ2) is 5.10. The Labute approximate surface area is 111 Å². The van der Waals surface area contributed by atoms with Gasteiger partial charge in [-0.2, -0.15) is 0 Å². The summed E-state index contributed by atoms with van der Waals surface area (Å²) in [5.41, 5.74) is 8.61. The molecule has 2 aromatic carbocycles. The first-order valence-corrected chi connectivity index (χ1v) is 5.91. The van der Waals surface area contributed by atoms with E-state index in [1.54, 1.807) is 31.2 Å². The summed E-state index contributed by atoms with van der Waals surface area (Å²) in [6.45, 7) is 3.56. The molecule has 19 heavy (non-hydrogen) atoms. The van der Waals surface area contributed by atoms with Crippen molar-refractivity contribution in [2.24, 2.45) is 0 Å². The van der Waals surface area contributed by atoms with Gasteiger partial charge in [0.1, 0.15) is 5.82 Å². The van der Waals surface area contributed by atoms with Gasteiger partial charge in [-0.1, -0.05) is 12.1 Å². The zero-order chi connectivity index (χ0) is 14.0. The summed E-state index contributed by atoms with van der Waals surface area (Å²) in [4.78, 5) is 12.0. The fraction of sp³-hybridized carbons (Fsp3) is 0.133. The molecule has 0 heterocycles. The van der Waals surface area contributed by atoms with Crippen molar-refractivity contribution < 1.29 is 9.18 Å². The van der Waals surface area contributed by atoms with E-state index in [1.807, 2.05) is 13.0 Å². The van der Waals surface area contributed by atoms with E-state index in [0.717, 1.165) is 5.56 Å². The number of hydrogen-bond donors (Lipinski definition) is 2. The van der Waals surface area contributed by atoms with Crippen molar-refractivity contribution in [1.29, 1.82) is 0 Å². The van der Waals surface area contributed by atoms with Crippen LogP contribution in [-0.4, -0.2) is 5.91 Å². The van der Waals surface area contributed by atoms with Crippen LogP contribution in [-0.2, 0) is 0 Å². The topological polar surface area (TPSA) is 55.1 Å². The summed E-state index contributed by atoms with van der Waals surface area (Å²) in [7, 11) is 0. The van der Waals surface area contributed by atoms with Crippen molar-refractivity contribution in [3.63, 3.8) is 0 Å². The number of rotatable bonds is 2. The minimum absolute atomic E-state index is 0.267. The number of hydrogen-bond acceptors (Lipinski definition) is 2. The Morgan fingerprint density at radius 2 is 1.89 bits per heavy atom. The molecule has 0 spiro atoms. The van der Waals surface area contributed by atoms with Gasteiger partial charge in [-0.25, -0.2) is 4.39 Å². The molecule has 0 radical (unpaired) electrons. The number of nitrogens with one attached hydrogen (secondary N) is 1. The van der Waals surface area contributed by atoms with E-state index in [4.69, 9.17) is 5.73 Å². The van der Waals surface area contributed by atoms with Crippen LogP contribution in [0.3, 0.4) is 0 Å². The maximum absolute atomic E-state index is 13.4. The number of nitrogens with two attached hydrogens (primary N) is 1. The zero-order valence-corrected chi connectivity index (χ0v) is 10.8. The predicted octanol–water partition coefficient (Wildman–Crippen LogP) is 3.28. The molecule has 98 valence electrons. The molecule has 0 bridgehead atoms. The van der Waals surface area contributed by atoms with Gasteiger partial charge < -0.3 is 11.1 Å². The molecule has 0 aliphatic carbocycles. The molecule has 0 saturated heterocycles. The van der Waals surface area contributed by atoms with Crippen molar-refractivity contribution in [2.45, 2.75) is 13.8 Å². The first kappa shape index (κ1) is 13.1. The van der Waals surface area contributed by atoms with Crippen LogP contribution >= 0.6 is 0 Å². The Morgan fingerprint density at radius 1 is 1.16 bits per heavy atom. The lowest BCUT2D eigenvalue weighted by atomic mass is 10.1. The third-order valence-corrected chi connectivity index (χ3v) is 2.89. The fourth-order valence-corrected chi connectivity index (χ4v) is 1.72. The number of anilines is 2. The van der Waals surface area contributed by atoms with Gasteiger partial charge in [0.05, 0.1) is 11.4 Å². The van der Waals surface area contributed by atoms with E-state index < -0.39 is 5.82 Å². The molecule has 0 saturated carbocycles. The van der Waals surface area contributed by atoms with Gasteiger partial charge in [0.2, 0.25) is 0 Å². The lowest BCUT2D eigenvalue weighted by Crippen LogP contribution is -2.13. The van der Waals surface area contributed by atoms with Crippen molar-refractivity contribution in [1.82, 2.24) is 0 Å². The van der Waals surface area contributed by atoms with Crippen LogP contribution in [0.5, 0.6) is 0 Å². The average Bonchev–Trinajstić information content (AvgIpc) is 2.36. The van der Waals surface area contributed by atoms with Crippen molar-refractivity contribution in [3.8, 4) is 0 Å². The van der Waals surface area contributed by atoms with E-state index in [9.17, 15) is 9.18 Å². The molecule has 1 amide bonds. The van der Waals surface area contributed by atoms with Crippen molar-refractivity contribution in [2.75, 3.05) is 11.1 Å². The van der Waals surface area contributed by atoms with Gasteiger partial charge in [-0.05, 0) is 49.2 Å². The predicted molar refractivity (Wildman–Crippen MR) is 74.7 cm³/mol. The summed E-state index contributed by atoms with van der Waals surface area (Å²) < 4.78 is 13.4. The van der Waals surface area contributed by atoms with Crippen LogP contribution in [0.1, 0.15) is 21.5 Å².